The highest BCUT2D eigenvalue weighted by Crippen LogP contribution is 2.24. The number of aryl methyl sites for hydroxylation is 1. The van der Waals surface area contributed by atoms with Crippen LogP contribution < -0.4 is 5.73 Å². The zero-order chi connectivity index (χ0) is 11.5. The first-order chi connectivity index (χ1) is 7.66. The molecule has 0 unspecified atom stereocenters. The van der Waals surface area contributed by atoms with E-state index in [1.54, 1.807) is 0 Å². The average molecular weight is 233 g/mol. The summed E-state index contributed by atoms with van der Waals surface area (Å²) in [5.41, 5.74) is 6.01. The molecule has 0 saturated heterocycles. The Morgan fingerprint density at radius 1 is 1.38 bits per heavy atom. The minimum absolute atomic E-state index is 0.237. The summed E-state index contributed by atoms with van der Waals surface area (Å²) in [7, 11) is 0. The summed E-state index contributed by atoms with van der Waals surface area (Å²) >= 11 is 1.35. The molecule has 1 heterocycles. The lowest BCUT2D eigenvalue weighted by molar-refractivity contribution is -0.115. The average Bonchev–Trinajstić information content (AvgIpc) is 2.25. The second kappa shape index (κ2) is 4.49. The number of nitrogens with two attached hydrogens (primary N) is 1. The Kier molecular flexibility index (Phi) is 3.05. The van der Waals surface area contributed by atoms with E-state index in [0.717, 1.165) is 15.9 Å². The van der Waals surface area contributed by atoms with Crippen LogP contribution in [0.15, 0.2) is 29.3 Å². The third kappa shape index (κ3) is 2.30. The summed E-state index contributed by atoms with van der Waals surface area (Å²) < 4.78 is 0. The summed E-state index contributed by atoms with van der Waals surface area (Å²) in [4.78, 5) is 19.4. The first kappa shape index (κ1) is 10.9. The number of rotatable bonds is 3. The standard InChI is InChI=1S/C11H11N3OS/c1-7-13-9-5-3-2-4-8(9)11(14-7)16-6-10(12)15/h2-5H,6H2,1H3,(H2,12,15). The van der Waals surface area contributed by atoms with Gasteiger partial charge in [-0.15, -0.1) is 0 Å². The quantitative estimate of drug-likeness (QED) is 0.644. The van der Waals surface area contributed by atoms with Crippen molar-refractivity contribution in [3.05, 3.63) is 30.1 Å². The fourth-order valence-corrected chi connectivity index (χ4v) is 2.21. The summed E-state index contributed by atoms with van der Waals surface area (Å²) in [6.45, 7) is 1.83. The van der Waals surface area contributed by atoms with Crippen molar-refractivity contribution in [3.63, 3.8) is 0 Å². The van der Waals surface area contributed by atoms with Gasteiger partial charge in [-0.1, -0.05) is 30.0 Å². The predicted molar refractivity (Wildman–Crippen MR) is 64.2 cm³/mol. The Morgan fingerprint density at radius 3 is 2.88 bits per heavy atom. The monoisotopic (exact) mass is 233 g/mol. The maximum Gasteiger partial charge on any atom is 0.227 e. The lowest BCUT2D eigenvalue weighted by Crippen LogP contribution is -2.13. The van der Waals surface area contributed by atoms with E-state index in [2.05, 4.69) is 9.97 Å². The number of hydrogen-bond acceptors (Lipinski definition) is 4. The third-order valence-electron chi connectivity index (χ3n) is 2.03. The molecule has 1 amide bonds. The molecule has 0 aliphatic rings. The number of fused-ring (bicyclic) bond motifs is 1. The summed E-state index contributed by atoms with van der Waals surface area (Å²) in [5, 5.41) is 1.77. The number of benzene rings is 1. The zero-order valence-corrected chi connectivity index (χ0v) is 9.62. The molecule has 0 aliphatic heterocycles. The molecule has 1 aromatic heterocycles. The van der Waals surface area contributed by atoms with Crippen molar-refractivity contribution >= 4 is 28.6 Å². The summed E-state index contributed by atoms with van der Waals surface area (Å²) in [6, 6.07) is 7.73. The summed E-state index contributed by atoms with van der Waals surface area (Å²) in [6.07, 6.45) is 0. The first-order valence-electron chi connectivity index (χ1n) is 4.81. The van der Waals surface area contributed by atoms with Gasteiger partial charge in [0.15, 0.2) is 0 Å². The number of aromatic nitrogens is 2. The maximum atomic E-state index is 10.8. The number of hydrogen-bond donors (Lipinski definition) is 1. The van der Waals surface area contributed by atoms with Crippen LogP contribution in [0.1, 0.15) is 5.82 Å². The van der Waals surface area contributed by atoms with Gasteiger partial charge in [0, 0.05) is 5.39 Å². The van der Waals surface area contributed by atoms with E-state index < -0.39 is 0 Å². The molecular weight excluding hydrogens is 222 g/mol. The van der Waals surface area contributed by atoms with Gasteiger partial charge in [-0.25, -0.2) is 9.97 Å². The molecule has 0 atom stereocenters. The Bertz CT molecular complexity index is 542. The van der Waals surface area contributed by atoms with Crippen LogP contribution in [-0.4, -0.2) is 21.6 Å². The topological polar surface area (TPSA) is 68.9 Å². The highest BCUT2D eigenvalue weighted by atomic mass is 32.2. The van der Waals surface area contributed by atoms with Gasteiger partial charge < -0.3 is 5.73 Å². The molecule has 16 heavy (non-hydrogen) atoms. The van der Waals surface area contributed by atoms with Crippen molar-refractivity contribution in [2.75, 3.05) is 5.75 Å². The van der Waals surface area contributed by atoms with Crippen molar-refractivity contribution in [3.8, 4) is 0 Å². The second-order valence-electron chi connectivity index (χ2n) is 3.35. The Hall–Kier alpha value is -1.62. The van der Waals surface area contributed by atoms with E-state index in [0.29, 0.717) is 5.82 Å². The van der Waals surface area contributed by atoms with Gasteiger partial charge >= 0.3 is 0 Å². The van der Waals surface area contributed by atoms with Crippen LogP contribution in [0.3, 0.4) is 0 Å². The van der Waals surface area contributed by atoms with Crippen LogP contribution in [0.4, 0.5) is 0 Å². The van der Waals surface area contributed by atoms with E-state index in [1.807, 2.05) is 31.2 Å². The molecule has 82 valence electrons. The molecule has 2 aromatic rings. The van der Waals surface area contributed by atoms with Gasteiger partial charge in [0.2, 0.25) is 5.91 Å². The van der Waals surface area contributed by atoms with Crippen molar-refractivity contribution in [2.24, 2.45) is 5.73 Å². The molecule has 4 nitrogen and oxygen atoms in total. The Balaban J connectivity index is 2.46. The molecule has 0 saturated carbocycles. The maximum absolute atomic E-state index is 10.8. The zero-order valence-electron chi connectivity index (χ0n) is 8.80. The van der Waals surface area contributed by atoms with Gasteiger partial charge in [-0.05, 0) is 13.0 Å². The van der Waals surface area contributed by atoms with Crippen LogP contribution in [-0.2, 0) is 4.79 Å². The Morgan fingerprint density at radius 2 is 2.12 bits per heavy atom. The van der Waals surface area contributed by atoms with Crippen LogP contribution >= 0.6 is 11.8 Å². The van der Waals surface area contributed by atoms with Crippen LogP contribution in [0, 0.1) is 6.92 Å². The van der Waals surface area contributed by atoms with Gasteiger partial charge in [0.1, 0.15) is 10.9 Å². The Labute approximate surface area is 97.3 Å². The molecular formula is C11H11N3OS. The number of nitrogens with zero attached hydrogens (tertiary/aromatic N) is 2. The van der Waals surface area contributed by atoms with Crippen molar-refractivity contribution in [1.29, 1.82) is 0 Å². The number of carbonyl (C=O) groups excluding carboxylic acids is 1. The molecule has 2 rings (SSSR count). The van der Waals surface area contributed by atoms with Gasteiger partial charge in [-0.2, -0.15) is 0 Å². The molecule has 1 aromatic carbocycles. The van der Waals surface area contributed by atoms with Gasteiger partial charge in [-0.3, -0.25) is 4.79 Å². The first-order valence-corrected chi connectivity index (χ1v) is 5.80. The third-order valence-corrected chi connectivity index (χ3v) is 3.04. The van der Waals surface area contributed by atoms with E-state index >= 15 is 0 Å². The van der Waals surface area contributed by atoms with Gasteiger partial charge in [0.05, 0.1) is 11.3 Å². The second-order valence-corrected chi connectivity index (χ2v) is 4.31. The minimum Gasteiger partial charge on any atom is -0.369 e. The minimum atomic E-state index is -0.342. The SMILES string of the molecule is Cc1nc(SCC(N)=O)c2ccccc2n1. The molecule has 0 radical (unpaired) electrons. The fraction of sp³-hybridized carbons (Fsp3) is 0.182. The molecule has 0 aliphatic carbocycles. The number of carbonyl (C=O) groups is 1. The van der Waals surface area contributed by atoms with Crippen LogP contribution in [0.2, 0.25) is 0 Å². The molecule has 5 heteroatoms. The van der Waals surface area contributed by atoms with Crippen molar-refractivity contribution in [1.82, 2.24) is 9.97 Å². The highest BCUT2D eigenvalue weighted by molar-refractivity contribution is 8.00. The number of amides is 1. The van der Waals surface area contributed by atoms with E-state index in [-0.39, 0.29) is 11.7 Å². The van der Waals surface area contributed by atoms with E-state index in [1.165, 1.54) is 11.8 Å². The van der Waals surface area contributed by atoms with Gasteiger partial charge in [0.25, 0.3) is 0 Å². The van der Waals surface area contributed by atoms with Crippen LogP contribution in [0.25, 0.3) is 10.9 Å². The predicted octanol–water partition coefficient (Wildman–Crippen LogP) is 1.52. The normalized spacial score (nSPS) is 10.6. The smallest absolute Gasteiger partial charge is 0.227 e. The van der Waals surface area contributed by atoms with E-state index in [4.69, 9.17) is 5.73 Å². The number of primary amides is 1. The lowest BCUT2D eigenvalue weighted by Gasteiger charge is -2.04. The molecule has 0 spiro atoms. The summed E-state index contributed by atoms with van der Waals surface area (Å²) in [5.74, 6) is 0.594. The lowest BCUT2D eigenvalue weighted by atomic mass is 10.2. The molecule has 0 bridgehead atoms. The number of para-hydroxylation sites is 1. The fourth-order valence-electron chi connectivity index (χ4n) is 1.41. The molecule has 2 N–H and O–H groups in total. The largest absolute Gasteiger partial charge is 0.369 e. The highest BCUT2D eigenvalue weighted by Gasteiger charge is 2.06. The van der Waals surface area contributed by atoms with Crippen LogP contribution in [0.5, 0.6) is 0 Å². The van der Waals surface area contributed by atoms with E-state index in [9.17, 15) is 4.79 Å². The van der Waals surface area contributed by atoms with Crippen molar-refractivity contribution < 1.29 is 4.79 Å². The molecule has 0 fully saturated rings. The number of thioether (sulfide) groups is 1. The van der Waals surface area contributed by atoms with Crippen molar-refractivity contribution in [2.45, 2.75) is 11.9 Å².